The quantitative estimate of drug-likeness (QED) is 0.563. The Labute approximate surface area is 170 Å². The van der Waals surface area contributed by atoms with Gasteiger partial charge in [0, 0.05) is 35.1 Å². The second kappa shape index (κ2) is 7.33. The molecule has 152 valence electrons. The molecule has 1 atom stereocenters. The second-order valence-electron chi connectivity index (χ2n) is 7.29. The summed E-state index contributed by atoms with van der Waals surface area (Å²) in [4.78, 5) is 18.1. The summed E-state index contributed by atoms with van der Waals surface area (Å²) < 4.78 is 30.3. The summed E-state index contributed by atoms with van der Waals surface area (Å²) in [5, 5.41) is 11.9. The van der Waals surface area contributed by atoms with Gasteiger partial charge in [0.25, 0.3) is 0 Å². The van der Waals surface area contributed by atoms with Crippen LogP contribution in [0, 0.1) is 11.6 Å². The lowest BCUT2D eigenvalue weighted by Crippen LogP contribution is -2.41. The largest absolute Gasteiger partial charge is 0.356 e. The lowest BCUT2D eigenvalue weighted by Gasteiger charge is -2.36. The number of aryl methyl sites for hydroxylation is 1. The van der Waals surface area contributed by atoms with Crippen LogP contribution in [0.5, 0.6) is 0 Å². The van der Waals surface area contributed by atoms with Crippen LogP contribution in [0.2, 0.25) is 0 Å². The number of hydrogen-bond donors (Lipinski definition) is 1. The Kier molecular flexibility index (Phi) is 4.50. The van der Waals surface area contributed by atoms with Crippen molar-refractivity contribution < 1.29 is 13.6 Å². The lowest BCUT2D eigenvalue weighted by atomic mass is 9.91. The van der Waals surface area contributed by atoms with Crippen molar-refractivity contribution in [2.75, 3.05) is 6.54 Å². The van der Waals surface area contributed by atoms with Gasteiger partial charge in [0.05, 0.1) is 6.54 Å². The van der Waals surface area contributed by atoms with Gasteiger partial charge < -0.3 is 9.88 Å². The summed E-state index contributed by atoms with van der Waals surface area (Å²) in [6.07, 6.45) is 2.21. The number of carbonyl (C=O) groups excluding carboxylic acids is 1. The van der Waals surface area contributed by atoms with E-state index in [-0.39, 0.29) is 17.9 Å². The van der Waals surface area contributed by atoms with Crippen molar-refractivity contribution in [3.63, 3.8) is 0 Å². The summed E-state index contributed by atoms with van der Waals surface area (Å²) in [5.74, 6) is -1.27. The van der Waals surface area contributed by atoms with Gasteiger partial charge in [0.15, 0.2) is 0 Å². The maximum atomic E-state index is 14.8. The number of hydrogen-bond acceptors (Lipinski definition) is 4. The number of halogens is 2. The number of H-pyrrole nitrogens is 1. The zero-order chi connectivity index (χ0) is 20.7. The number of rotatable bonds is 4. The van der Waals surface area contributed by atoms with Crippen LogP contribution >= 0.6 is 0 Å². The van der Waals surface area contributed by atoms with Crippen LogP contribution in [-0.4, -0.2) is 42.5 Å². The molecule has 0 saturated carbocycles. The molecule has 3 heterocycles. The molecular weight excluding hydrogens is 390 g/mol. The average Bonchev–Trinajstić information content (AvgIpc) is 3.40. The molecule has 30 heavy (non-hydrogen) atoms. The minimum atomic E-state index is -0.738. The molecule has 5 rings (SSSR count). The van der Waals surface area contributed by atoms with Gasteiger partial charge in [-0.2, -0.15) is 0 Å². The van der Waals surface area contributed by atoms with Crippen LogP contribution in [0.15, 0.2) is 48.8 Å². The number of nitrogens with zero attached hydrogens (tertiary/aromatic N) is 5. The number of carbonyl (C=O) groups is 1. The molecule has 0 fully saturated rings. The molecule has 1 aliphatic heterocycles. The number of aromatic nitrogens is 5. The van der Waals surface area contributed by atoms with Crippen molar-refractivity contribution in [3.05, 3.63) is 77.2 Å². The van der Waals surface area contributed by atoms with Gasteiger partial charge in [-0.15, -0.1) is 5.10 Å². The van der Waals surface area contributed by atoms with Crippen LogP contribution < -0.4 is 0 Å². The standard InChI is InChI=1S/C21H18F2N6O/c22-13-5-6-17(23)16(11-13)21-20-15(14-3-1-2-4-18(14)25-20)7-10-29(21)19(30)8-9-28-12-24-26-27-28/h1-6,11-12,21,25H,7-10H2. The highest BCUT2D eigenvalue weighted by Gasteiger charge is 2.36. The monoisotopic (exact) mass is 408 g/mol. The Bertz CT molecular complexity index is 1220. The molecule has 1 aliphatic rings. The van der Waals surface area contributed by atoms with E-state index in [1.807, 2.05) is 24.3 Å². The maximum Gasteiger partial charge on any atom is 0.225 e. The predicted octanol–water partition coefficient (Wildman–Crippen LogP) is 3.00. The van der Waals surface area contributed by atoms with Crippen LogP contribution in [0.1, 0.15) is 29.3 Å². The fraction of sp³-hybridized carbons (Fsp3) is 0.238. The summed E-state index contributed by atoms with van der Waals surface area (Å²) in [6, 6.07) is 10.4. The molecule has 1 amide bonds. The van der Waals surface area contributed by atoms with E-state index in [4.69, 9.17) is 0 Å². The van der Waals surface area contributed by atoms with E-state index < -0.39 is 17.7 Å². The number of fused-ring (bicyclic) bond motifs is 3. The summed E-state index contributed by atoms with van der Waals surface area (Å²) >= 11 is 0. The smallest absolute Gasteiger partial charge is 0.225 e. The number of para-hydroxylation sites is 1. The van der Waals surface area contributed by atoms with Crippen molar-refractivity contribution in [1.82, 2.24) is 30.1 Å². The molecule has 0 spiro atoms. The minimum Gasteiger partial charge on any atom is -0.356 e. The normalized spacial score (nSPS) is 16.1. The Morgan fingerprint density at radius 2 is 2.07 bits per heavy atom. The molecule has 1 unspecified atom stereocenters. The summed E-state index contributed by atoms with van der Waals surface area (Å²) in [5.41, 5.74) is 2.80. The third-order valence-electron chi connectivity index (χ3n) is 5.55. The lowest BCUT2D eigenvalue weighted by molar-refractivity contribution is -0.133. The van der Waals surface area contributed by atoms with Crippen molar-refractivity contribution in [2.45, 2.75) is 25.4 Å². The van der Waals surface area contributed by atoms with E-state index in [2.05, 4.69) is 20.5 Å². The molecule has 2 aromatic heterocycles. The molecule has 0 bridgehead atoms. The van der Waals surface area contributed by atoms with Gasteiger partial charge in [-0.3, -0.25) is 4.79 Å². The number of aromatic amines is 1. The van der Waals surface area contributed by atoms with Gasteiger partial charge >= 0.3 is 0 Å². The molecule has 4 aromatic rings. The average molecular weight is 408 g/mol. The first-order valence-corrected chi connectivity index (χ1v) is 9.66. The first kappa shape index (κ1) is 18.4. The first-order valence-electron chi connectivity index (χ1n) is 9.66. The number of nitrogens with one attached hydrogen (secondary N) is 1. The fourth-order valence-corrected chi connectivity index (χ4v) is 4.19. The fourth-order valence-electron chi connectivity index (χ4n) is 4.19. The predicted molar refractivity (Wildman–Crippen MR) is 104 cm³/mol. The third kappa shape index (κ3) is 3.12. The topological polar surface area (TPSA) is 79.7 Å². The summed E-state index contributed by atoms with van der Waals surface area (Å²) in [7, 11) is 0. The first-order chi connectivity index (χ1) is 14.6. The summed E-state index contributed by atoms with van der Waals surface area (Å²) in [6.45, 7) is 0.712. The van der Waals surface area contributed by atoms with Gasteiger partial charge in [-0.05, 0) is 46.7 Å². The van der Waals surface area contributed by atoms with Crippen molar-refractivity contribution in [1.29, 1.82) is 0 Å². The SMILES string of the molecule is O=C(CCn1cnnn1)N1CCc2c([nH]c3ccccc23)C1c1cc(F)ccc1F. The maximum absolute atomic E-state index is 14.8. The van der Waals surface area contributed by atoms with Crippen molar-refractivity contribution in [3.8, 4) is 0 Å². The van der Waals surface area contributed by atoms with Crippen LogP contribution in [-0.2, 0) is 17.8 Å². The molecule has 2 aromatic carbocycles. The van der Waals surface area contributed by atoms with E-state index in [9.17, 15) is 13.6 Å². The van der Waals surface area contributed by atoms with E-state index in [0.29, 0.717) is 19.5 Å². The molecule has 7 nitrogen and oxygen atoms in total. The van der Waals surface area contributed by atoms with E-state index in [1.54, 1.807) is 4.90 Å². The highest BCUT2D eigenvalue weighted by molar-refractivity contribution is 5.86. The molecule has 0 saturated heterocycles. The zero-order valence-electron chi connectivity index (χ0n) is 15.9. The number of amides is 1. The Hall–Kier alpha value is -3.62. The van der Waals surface area contributed by atoms with E-state index in [0.717, 1.165) is 34.3 Å². The molecule has 1 N–H and O–H groups in total. The molecular formula is C21H18F2N6O. The minimum absolute atomic E-state index is 0.137. The van der Waals surface area contributed by atoms with Crippen molar-refractivity contribution >= 4 is 16.8 Å². The van der Waals surface area contributed by atoms with Gasteiger partial charge in [0.1, 0.15) is 24.0 Å². The van der Waals surface area contributed by atoms with Crippen LogP contribution in [0.25, 0.3) is 10.9 Å². The van der Waals surface area contributed by atoms with Crippen molar-refractivity contribution in [2.24, 2.45) is 0 Å². The third-order valence-corrected chi connectivity index (χ3v) is 5.55. The number of benzene rings is 2. The Balaban J connectivity index is 1.58. The highest BCUT2D eigenvalue weighted by atomic mass is 19.1. The zero-order valence-corrected chi connectivity index (χ0v) is 15.9. The molecule has 0 radical (unpaired) electrons. The van der Waals surface area contributed by atoms with E-state index >= 15 is 0 Å². The second-order valence-corrected chi connectivity index (χ2v) is 7.29. The highest BCUT2D eigenvalue weighted by Crippen LogP contribution is 2.39. The Morgan fingerprint density at radius 1 is 1.20 bits per heavy atom. The number of tetrazole rings is 1. The van der Waals surface area contributed by atoms with Crippen LogP contribution in [0.4, 0.5) is 8.78 Å². The van der Waals surface area contributed by atoms with Gasteiger partial charge in [-0.1, -0.05) is 18.2 Å². The van der Waals surface area contributed by atoms with Crippen LogP contribution in [0.3, 0.4) is 0 Å². The molecule has 0 aliphatic carbocycles. The molecule has 9 heteroatoms. The van der Waals surface area contributed by atoms with Gasteiger partial charge in [-0.25, -0.2) is 13.5 Å². The Morgan fingerprint density at radius 3 is 2.90 bits per heavy atom. The van der Waals surface area contributed by atoms with E-state index in [1.165, 1.54) is 17.1 Å². The van der Waals surface area contributed by atoms with Gasteiger partial charge in [0.2, 0.25) is 5.91 Å².